The monoisotopic (exact) mass is 324 g/mol. The van der Waals surface area contributed by atoms with Gasteiger partial charge in [0.15, 0.2) is 0 Å². The first-order chi connectivity index (χ1) is 9.19. The highest BCUT2D eigenvalue weighted by Gasteiger charge is 2.01. The van der Waals surface area contributed by atoms with Crippen LogP contribution in [-0.2, 0) is 6.54 Å². The minimum absolute atomic E-state index is 0.182. The summed E-state index contributed by atoms with van der Waals surface area (Å²) >= 11 is 3.37. The van der Waals surface area contributed by atoms with Crippen molar-refractivity contribution in [3.8, 4) is 11.6 Å². The van der Waals surface area contributed by atoms with E-state index in [2.05, 4.69) is 21.0 Å². The summed E-state index contributed by atoms with van der Waals surface area (Å²) in [7, 11) is 1.51. The Labute approximate surface area is 118 Å². The molecule has 1 heterocycles. The molecule has 0 N–H and O–H groups in total. The molecule has 0 spiro atoms. The molecule has 1 aromatic heterocycles. The zero-order chi connectivity index (χ0) is 13.7. The topological polar surface area (TPSA) is 53.4 Å². The van der Waals surface area contributed by atoms with Gasteiger partial charge in [-0.2, -0.15) is 0 Å². The lowest BCUT2D eigenvalue weighted by Gasteiger charge is -2.08. The molecular formula is C13H13BrN2O3. The minimum atomic E-state index is -0.182. The molecule has 0 aliphatic heterocycles. The number of benzene rings is 1. The summed E-state index contributed by atoms with van der Waals surface area (Å²) in [5, 5.41) is 4.03. The normalized spacial score (nSPS) is 10.2. The van der Waals surface area contributed by atoms with Crippen molar-refractivity contribution in [1.29, 1.82) is 0 Å². The van der Waals surface area contributed by atoms with Crippen LogP contribution in [0, 0.1) is 0 Å². The Morgan fingerprint density at radius 1 is 1.32 bits per heavy atom. The lowest BCUT2D eigenvalue weighted by Crippen LogP contribution is -2.25. The Bertz CT molecular complexity index is 613. The van der Waals surface area contributed by atoms with Crippen LogP contribution in [0.25, 0.3) is 0 Å². The van der Waals surface area contributed by atoms with Gasteiger partial charge in [-0.05, 0) is 18.2 Å². The van der Waals surface area contributed by atoms with Crippen LogP contribution in [-0.4, -0.2) is 23.5 Å². The molecule has 2 rings (SSSR count). The second kappa shape index (κ2) is 6.38. The maximum Gasteiger partial charge on any atom is 0.267 e. The average molecular weight is 325 g/mol. The largest absolute Gasteiger partial charge is 0.492 e. The van der Waals surface area contributed by atoms with Crippen LogP contribution in [0.3, 0.4) is 0 Å². The van der Waals surface area contributed by atoms with E-state index >= 15 is 0 Å². The molecule has 0 amide bonds. The summed E-state index contributed by atoms with van der Waals surface area (Å²) in [5.41, 5.74) is -0.182. The number of ether oxygens (including phenoxy) is 2. The maximum absolute atomic E-state index is 11.6. The fraction of sp³-hybridized carbons (Fsp3) is 0.231. The molecule has 0 radical (unpaired) electrons. The lowest BCUT2D eigenvalue weighted by molar-refractivity contribution is 0.282. The van der Waals surface area contributed by atoms with E-state index in [0.29, 0.717) is 19.0 Å². The van der Waals surface area contributed by atoms with Crippen molar-refractivity contribution >= 4 is 15.9 Å². The van der Waals surface area contributed by atoms with E-state index in [1.807, 2.05) is 24.3 Å². The number of halogens is 1. The molecule has 19 heavy (non-hydrogen) atoms. The molecule has 1 aromatic carbocycles. The predicted molar refractivity (Wildman–Crippen MR) is 74.7 cm³/mol. The number of rotatable bonds is 5. The van der Waals surface area contributed by atoms with Gasteiger partial charge in [0, 0.05) is 16.6 Å². The molecule has 6 heteroatoms. The van der Waals surface area contributed by atoms with Gasteiger partial charge in [-0.3, -0.25) is 4.79 Å². The second-order valence-electron chi connectivity index (χ2n) is 3.74. The zero-order valence-electron chi connectivity index (χ0n) is 10.4. The summed E-state index contributed by atoms with van der Waals surface area (Å²) in [6.07, 6.45) is 0. The molecule has 0 saturated heterocycles. The third-order valence-corrected chi connectivity index (χ3v) is 2.91. The SMILES string of the molecule is COc1ccc(=O)n(CCOc2cccc(Br)c2)n1. The number of hydrogen-bond acceptors (Lipinski definition) is 4. The van der Waals surface area contributed by atoms with Gasteiger partial charge in [-0.1, -0.05) is 22.0 Å². The summed E-state index contributed by atoms with van der Waals surface area (Å²) < 4.78 is 12.8. The van der Waals surface area contributed by atoms with Crippen LogP contribution in [0.15, 0.2) is 45.7 Å². The molecule has 0 saturated carbocycles. The Kier molecular flexibility index (Phi) is 4.57. The van der Waals surface area contributed by atoms with Crippen molar-refractivity contribution in [1.82, 2.24) is 9.78 Å². The summed E-state index contributed by atoms with van der Waals surface area (Å²) in [5.74, 6) is 1.15. The van der Waals surface area contributed by atoms with Gasteiger partial charge in [0.1, 0.15) is 12.4 Å². The van der Waals surface area contributed by atoms with Crippen LogP contribution < -0.4 is 15.0 Å². The van der Waals surface area contributed by atoms with Gasteiger partial charge < -0.3 is 9.47 Å². The Morgan fingerprint density at radius 2 is 2.16 bits per heavy atom. The first kappa shape index (κ1) is 13.6. The highest BCUT2D eigenvalue weighted by atomic mass is 79.9. The molecular weight excluding hydrogens is 312 g/mol. The number of nitrogens with zero attached hydrogens (tertiary/aromatic N) is 2. The van der Waals surface area contributed by atoms with Crippen LogP contribution >= 0.6 is 15.9 Å². The number of methoxy groups -OCH3 is 1. The first-order valence-electron chi connectivity index (χ1n) is 5.69. The van der Waals surface area contributed by atoms with E-state index < -0.39 is 0 Å². The number of hydrogen-bond donors (Lipinski definition) is 0. The van der Waals surface area contributed by atoms with Gasteiger partial charge in [0.25, 0.3) is 5.56 Å². The molecule has 100 valence electrons. The highest BCUT2D eigenvalue weighted by molar-refractivity contribution is 9.10. The Morgan fingerprint density at radius 3 is 2.89 bits per heavy atom. The van der Waals surface area contributed by atoms with Gasteiger partial charge in [-0.25, -0.2) is 4.68 Å². The minimum Gasteiger partial charge on any atom is -0.492 e. The van der Waals surface area contributed by atoms with Gasteiger partial charge >= 0.3 is 0 Å². The third-order valence-electron chi connectivity index (χ3n) is 2.42. The van der Waals surface area contributed by atoms with Crippen LogP contribution in [0.2, 0.25) is 0 Å². The van der Waals surface area contributed by atoms with Crippen molar-refractivity contribution in [2.24, 2.45) is 0 Å². The van der Waals surface area contributed by atoms with Crippen molar-refractivity contribution in [2.45, 2.75) is 6.54 Å². The second-order valence-corrected chi connectivity index (χ2v) is 4.66. The summed E-state index contributed by atoms with van der Waals surface area (Å²) in [6.45, 7) is 0.721. The maximum atomic E-state index is 11.6. The molecule has 0 bridgehead atoms. The first-order valence-corrected chi connectivity index (χ1v) is 6.49. The molecule has 5 nitrogen and oxygen atoms in total. The Hall–Kier alpha value is -1.82. The van der Waals surface area contributed by atoms with E-state index in [-0.39, 0.29) is 5.56 Å². The van der Waals surface area contributed by atoms with Crippen LogP contribution in [0.5, 0.6) is 11.6 Å². The van der Waals surface area contributed by atoms with Crippen molar-refractivity contribution in [2.75, 3.05) is 13.7 Å². The van der Waals surface area contributed by atoms with Crippen LogP contribution in [0.4, 0.5) is 0 Å². The van der Waals surface area contributed by atoms with Gasteiger partial charge in [0.2, 0.25) is 5.88 Å². The molecule has 0 unspecified atom stereocenters. The molecule has 0 atom stereocenters. The van der Waals surface area contributed by atoms with Crippen LogP contribution in [0.1, 0.15) is 0 Å². The van der Waals surface area contributed by atoms with Gasteiger partial charge in [-0.15, -0.1) is 5.10 Å². The van der Waals surface area contributed by atoms with E-state index in [9.17, 15) is 4.79 Å². The van der Waals surface area contributed by atoms with Crippen molar-refractivity contribution < 1.29 is 9.47 Å². The predicted octanol–water partition coefficient (Wildman–Crippen LogP) is 2.09. The summed E-state index contributed by atoms with van der Waals surface area (Å²) in [4.78, 5) is 11.6. The summed E-state index contributed by atoms with van der Waals surface area (Å²) in [6, 6.07) is 10.5. The van der Waals surface area contributed by atoms with Crippen molar-refractivity contribution in [3.63, 3.8) is 0 Å². The Balaban J connectivity index is 1.97. The quantitative estimate of drug-likeness (QED) is 0.845. The highest BCUT2D eigenvalue weighted by Crippen LogP contribution is 2.17. The van der Waals surface area contributed by atoms with E-state index in [1.54, 1.807) is 0 Å². The molecule has 0 fully saturated rings. The lowest BCUT2D eigenvalue weighted by atomic mass is 10.3. The standard InChI is InChI=1S/C13H13BrN2O3/c1-18-12-5-6-13(17)16(15-12)7-8-19-11-4-2-3-10(14)9-11/h2-6,9H,7-8H2,1H3. The zero-order valence-corrected chi connectivity index (χ0v) is 12.0. The smallest absolute Gasteiger partial charge is 0.267 e. The van der Waals surface area contributed by atoms with E-state index in [4.69, 9.17) is 9.47 Å². The van der Waals surface area contributed by atoms with Crippen molar-refractivity contribution in [3.05, 3.63) is 51.2 Å². The third kappa shape index (κ3) is 3.82. The molecule has 0 aliphatic carbocycles. The van der Waals surface area contributed by atoms with E-state index in [1.165, 1.54) is 23.9 Å². The fourth-order valence-corrected chi connectivity index (χ4v) is 1.88. The van der Waals surface area contributed by atoms with E-state index in [0.717, 1.165) is 10.2 Å². The molecule has 0 aliphatic rings. The number of aromatic nitrogens is 2. The fourth-order valence-electron chi connectivity index (χ4n) is 1.51. The average Bonchev–Trinajstić information content (AvgIpc) is 2.41. The van der Waals surface area contributed by atoms with Gasteiger partial charge in [0.05, 0.1) is 13.7 Å². The molecule has 2 aromatic rings.